The smallest absolute Gasteiger partial charge is 0.126 e. The van der Waals surface area contributed by atoms with Crippen LogP contribution in [-0.2, 0) is 70.3 Å². The minimum atomic E-state index is 0.447. The van der Waals surface area contributed by atoms with Crippen molar-refractivity contribution in [2.75, 3.05) is 106 Å². The molecule has 12 rings (SSSR count). The fourth-order valence-electron chi connectivity index (χ4n) is 13.2. The molecule has 98 heavy (non-hydrogen) atoms. The third kappa shape index (κ3) is 20.3. The minimum Gasteiger partial charge on any atom is -0.493 e. The number of unbranched alkanes of at least 4 members (excludes halogenated alkanes) is 3. The van der Waals surface area contributed by atoms with Gasteiger partial charge in [0.15, 0.2) is 0 Å². The van der Waals surface area contributed by atoms with E-state index in [1.807, 2.05) is 0 Å². The number of hydrogen-bond donors (Lipinski definition) is 0. The van der Waals surface area contributed by atoms with Gasteiger partial charge in [0.2, 0.25) is 0 Å². The van der Waals surface area contributed by atoms with Crippen LogP contribution < -0.4 is 37.9 Å². The van der Waals surface area contributed by atoms with Crippen LogP contribution in [0.15, 0.2) is 146 Å². The number of ether oxygens (including phenoxy) is 12. The number of hydrogen-bond acceptors (Lipinski definition) is 12. The predicted octanol–water partition coefficient (Wildman–Crippen LogP) is 18.1. The average molecular weight is 1330 g/mol. The summed E-state index contributed by atoms with van der Waals surface area (Å²) in [4.78, 5) is 0. The van der Waals surface area contributed by atoms with Crippen molar-refractivity contribution in [2.45, 2.75) is 144 Å². The van der Waals surface area contributed by atoms with E-state index >= 15 is 0 Å². The Hall–Kier alpha value is -8.00. The summed E-state index contributed by atoms with van der Waals surface area (Å²) < 4.78 is 76.1. The Kier molecular flexibility index (Phi) is 29.4. The molecule has 0 spiro atoms. The van der Waals surface area contributed by atoms with Crippen LogP contribution in [0, 0.1) is 0 Å². The first-order valence-corrected chi connectivity index (χ1v) is 36.6. The van der Waals surface area contributed by atoms with Crippen LogP contribution in [0.25, 0.3) is 0 Å². The maximum absolute atomic E-state index is 6.60. The molecule has 0 fully saturated rings. The highest BCUT2D eigenvalue weighted by Crippen LogP contribution is 2.42. The second kappa shape index (κ2) is 39.6. The van der Waals surface area contributed by atoms with Crippen LogP contribution in [0.4, 0.5) is 0 Å². The summed E-state index contributed by atoms with van der Waals surface area (Å²) in [6.07, 6.45) is 14.8. The van der Waals surface area contributed by atoms with Crippen molar-refractivity contribution in [1.82, 2.24) is 0 Å². The molecule has 8 aromatic rings. The van der Waals surface area contributed by atoms with E-state index in [1.165, 1.54) is 25.7 Å². The molecule has 2 aliphatic carbocycles. The second-order valence-corrected chi connectivity index (χ2v) is 25.6. The Bertz CT molecular complexity index is 3090. The van der Waals surface area contributed by atoms with Gasteiger partial charge in [0.25, 0.3) is 0 Å². The number of rotatable bonds is 15. The molecule has 0 unspecified atom stereocenters. The van der Waals surface area contributed by atoms with Crippen molar-refractivity contribution in [3.05, 3.63) is 235 Å². The lowest BCUT2D eigenvalue weighted by Gasteiger charge is -2.22. The topological polar surface area (TPSA) is 111 Å². The number of para-hydroxylation sites is 8. The SMILES string of the molecule is CCCCCC.CCCOc1c2cccc1Cc1cccc3c1OCCOCCOCCOc1c(cccc1Cc1cccc(c1OCCC)C3)C2.CCCOc1c2cccc1Cc1cccc3c1OCCOCCOCCOc1c(cccc1Cc1cccc(c1OCCC)C3)C2. The molecule has 0 saturated carbocycles. The van der Waals surface area contributed by atoms with Gasteiger partial charge in [0, 0.05) is 51.4 Å². The fraction of sp³-hybridized carbons (Fsp3) is 0.442. The highest BCUT2D eigenvalue weighted by Gasteiger charge is 2.25. The summed E-state index contributed by atoms with van der Waals surface area (Å²) >= 11 is 0. The average Bonchev–Trinajstić information content (AvgIpc) is 0.815. The van der Waals surface area contributed by atoms with Gasteiger partial charge in [-0.15, -0.1) is 0 Å². The quantitative estimate of drug-likeness (QED) is 0.0911. The van der Waals surface area contributed by atoms with E-state index in [-0.39, 0.29) is 0 Å². The molecule has 8 aromatic carbocycles. The summed E-state index contributed by atoms with van der Waals surface area (Å²) in [5, 5.41) is 0. The van der Waals surface area contributed by atoms with Gasteiger partial charge in [0.05, 0.1) is 79.3 Å². The fourth-order valence-corrected chi connectivity index (χ4v) is 13.2. The highest BCUT2D eigenvalue weighted by atomic mass is 16.6. The molecule has 0 amide bonds. The Balaban J connectivity index is 0.000000196. The molecule has 0 atom stereocenters. The van der Waals surface area contributed by atoms with Gasteiger partial charge in [-0.2, -0.15) is 0 Å². The second-order valence-electron chi connectivity index (χ2n) is 25.6. The zero-order valence-corrected chi connectivity index (χ0v) is 59.4. The Morgan fingerprint density at radius 3 is 0.541 bits per heavy atom. The summed E-state index contributed by atoms with van der Waals surface area (Å²) in [5.41, 5.74) is 18.2. The Morgan fingerprint density at radius 2 is 0.378 bits per heavy atom. The van der Waals surface area contributed by atoms with Crippen molar-refractivity contribution in [3.8, 4) is 46.0 Å². The van der Waals surface area contributed by atoms with Gasteiger partial charge in [-0.05, 0) is 115 Å². The highest BCUT2D eigenvalue weighted by molar-refractivity contribution is 5.59. The third-order valence-electron chi connectivity index (χ3n) is 17.9. The summed E-state index contributed by atoms with van der Waals surface area (Å²) in [6.45, 7) is 21.4. The van der Waals surface area contributed by atoms with Crippen molar-refractivity contribution in [1.29, 1.82) is 0 Å². The summed E-state index contributed by atoms with van der Waals surface area (Å²) in [6, 6.07) is 52.1. The molecule has 12 heteroatoms. The summed E-state index contributed by atoms with van der Waals surface area (Å²) in [7, 11) is 0. The lowest BCUT2D eigenvalue weighted by molar-refractivity contribution is 0.0271. The molecule has 2 aliphatic heterocycles. The molecule has 12 nitrogen and oxygen atoms in total. The summed E-state index contributed by atoms with van der Waals surface area (Å²) in [5.74, 6) is 7.45. The van der Waals surface area contributed by atoms with Crippen molar-refractivity contribution >= 4 is 0 Å². The molecular formula is C86H106O12. The van der Waals surface area contributed by atoms with Crippen molar-refractivity contribution in [2.24, 2.45) is 0 Å². The first kappa shape index (κ1) is 72.7. The van der Waals surface area contributed by atoms with Gasteiger partial charge in [-0.25, -0.2) is 0 Å². The first-order valence-electron chi connectivity index (χ1n) is 36.6. The molecule has 522 valence electrons. The maximum Gasteiger partial charge on any atom is 0.126 e. The molecule has 0 N–H and O–H groups in total. The molecule has 0 saturated heterocycles. The molecule has 2 heterocycles. The van der Waals surface area contributed by atoms with E-state index in [4.69, 9.17) is 56.8 Å². The Morgan fingerprint density at radius 1 is 0.214 bits per heavy atom. The van der Waals surface area contributed by atoms with Gasteiger partial charge in [-0.3, -0.25) is 0 Å². The van der Waals surface area contributed by atoms with E-state index in [0.29, 0.717) is 157 Å². The number of benzene rings is 8. The van der Waals surface area contributed by atoms with E-state index in [1.54, 1.807) is 0 Å². The lowest BCUT2D eigenvalue weighted by Crippen LogP contribution is -2.14. The van der Waals surface area contributed by atoms with Crippen molar-refractivity contribution < 1.29 is 56.8 Å². The van der Waals surface area contributed by atoms with E-state index in [2.05, 4.69) is 187 Å². The van der Waals surface area contributed by atoms with Gasteiger partial charge in [0.1, 0.15) is 72.4 Å². The van der Waals surface area contributed by atoms with Crippen molar-refractivity contribution in [3.63, 3.8) is 0 Å². The normalized spacial score (nSPS) is 14.9. The lowest BCUT2D eigenvalue weighted by atomic mass is 9.91. The standard InChI is InChI=1S/2C40H46O6.C6H14/c2*1-3-17-43-37-29-9-5-10-30(37)26-34-14-8-16-36-28-32-12-6-11-31(38(32)44-18-4-2)27-35-15-7-13-33(25-29)39(35)45-23-21-41-19-20-42-22-24-46-40(34)36;1-3-5-6-4-2/h2*5-16H,3-4,17-28H2,1-2H3;3-6H2,1-2H3. The molecular weight excluding hydrogens is 1220 g/mol. The molecule has 20 bridgehead atoms. The van der Waals surface area contributed by atoms with Gasteiger partial charge < -0.3 is 56.8 Å². The zero-order chi connectivity index (χ0) is 67.9. The van der Waals surface area contributed by atoms with Crippen LogP contribution in [0.5, 0.6) is 46.0 Å². The minimum absolute atomic E-state index is 0.447. The number of fused-ring (bicyclic) bond motifs is 4. The van der Waals surface area contributed by atoms with Crippen LogP contribution >= 0.6 is 0 Å². The monoisotopic (exact) mass is 1330 g/mol. The molecule has 4 aliphatic rings. The maximum atomic E-state index is 6.60. The van der Waals surface area contributed by atoms with E-state index in [9.17, 15) is 0 Å². The van der Waals surface area contributed by atoms with E-state index < -0.39 is 0 Å². The van der Waals surface area contributed by atoms with E-state index in [0.717, 1.165) is 161 Å². The third-order valence-corrected chi connectivity index (χ3v) is 17.9. The van der Waals surface area contributed by atoms with Gasteiger partial charge >= 0.3 is 0 Å². The molecule has 0 aromatic heterocycles. The van der Waals surface area contributed by atoms with Gasteiger partial charge in [-0.1, -0.05) is 213 Å². The molecule has 0 radical (unpaired) electrons. The zero-order valence-electron chi connectivity index (χ0n) is 59.4. The first-order chi connectivity index (χ1) is 48.4. The van der Waals surface area contributed by atoms with Crippen LogP contribution in [0.1, 0.15) is 182 Å². The Labute approximate surface area is 584 Å². The predicted molar refractivity (Wildman–Crippen MR) is 392 cm³/mol. The van der Waals surface area contributed by atoms with Crippen LogP contribution in [0.2, 0.25) is 0 Å². The van der Waals surface area contributed by atoms with Crippen LogP contribution in [0.3, 0.4) is 0 Å². The van der Waals surface area contributed by atoms with Crippen LogP contribution in [-0.4, -0.2) is 106 Å². The largest absolute Gasteiger partial charge is 0.493 e.